The first kappa shape index (κ1) is 16.0. The summed E-state index contributed by atoms with van der Waals surface area (Å²) in [7, 11) is 1.16. The number of aromatic hydroxyl groups is 3. The van der Waals surface area contributed by atoms with Crippen molar-refractivity contribution in [2.75, 3.05) is 7.11 Å². The predicted molar refractivity (Wildman–Crippen MR) is 91.4 cm³/mol. The molecule has 1 aliphatic heterocycles. The van der Waals surface area contributed by atoms with Gasteiger partial charge in [0.25, 0.3) is 0 Å². The van der Waals surface area contributed by atoms with Crippen molar-refractivity contribution in [3.8, 4) is 17.2 Å². The molecule has 0 amide bonds. The molecule has 7 nitrogen and oxygen atoms in total. The summed E-state index contributed by atoms with van der Waals surface area (Å²) in [4.78, 5) is 24.1. The van der Waals surface area contributed by atoms with Gasteiger partial charge in [-0.15, -0.1) is 0 Å². The fourth-order valence-corrected chi connectivity index (χ4v) is 3.40. The SMILES string of the molecule is COC(=O)C1Cc2c(c(O)c3c(O)c4ccccc4cc3c2O)C(=O)O1. The number of cyclic esters (lactones) is 1. The number of carbonyl (C=O) groups excluding carboxylic acids is 2. The molecular formula is C19H14O7. The maximum atomic E-state index is 12.3. The zero-order chi connectivity index (χ0) is 18.6. The molecule has 3 aromatic carbocycles. The van der Waals surface area contributed by atoms with Gasteiger partial charge in [-0.2, -0.15) is 0 Å². The number of ether oxygens (including phenoxy) is 2. The summed E-state index contributed by atoms with van der Waals surface area (Å²) in [6.45, 7) is 0. The highest BCUT2D eigenvalue weighted by atomic mass is 16.6. The minimum Gasteiger partial charge on any atom is -0.507 e. The van der Waals surface area contributed by atoms with Crippen LogP contribution < -0.4 is 0 Å². The van der Waals surface area contributed by atoms with Crippen LogP contribution in [-0.4, -0.2) is 40.5 Å². The standard InChI is InChI=1S/C19H14O7/c1-25-18(23)12-7-11-14(19(24)26-12)17(22)13-10(15(11)20)6-8-4-2-3-5-9(8)16(13)21/h2-6,12,20-22H,7H2,1H3. The van der Waals surface area contributed by atoms with Crippen LogP contribution in [-0.2, 0) is 20.7 Å². The maximum Gasteiger partial charge on any atom is 0.347 e. The van der Waals surface area contributed by atoms with Crippen molar-refractivity contribution in [1.82, 2.24) is 0 Å². The predicted octanol–water partition coefficient (Wildman–Crippen LogP) is 2.36. The van der Waals surface area contributed by atoms with Gasteiger partial charge >= 0.3 is 11.9 Å². The van der Waals surface area contributed by atoms with E-state index in [9.17, 15) is 24.9 Å². The minimum atomic E-state index is -1.21. The number of phenols is 3. The van der Waals surface area contributed by atoms with Crippen LogP contribution in [0.3, 0.4) is 0 Å². The molecule has 0 aliphatic carbocycles. The first-order chi connectivity index (χ1) is 12.4. The number of hydrogen-bond acceptors (Lipinski definition) is 7. The van der Waals surface area contributed by atoms with Crippen LogP contribution in [0, 0.1) is 0 Å². The molecule has 1 aliphatic rings. The maximum absolute atomic E-state index is 12.3. The monoisotopic (exact) mass is 354 g/mol. The lowest BCUT2D eigenvalue weighted by Gasteiger charge is -2.25. The molecule has 0 saturated carbocycles. The third-order valence-corrected chi connectivity index (χ3v) is 4.65. The number of phenolic OH excluding ortho intramolecular Hbond substituents is 3. The number of methoxy groups -OCH3 is 1. The molecule has 26 heavy (non-hydrogen) atoms. The Labute approximate surface area is 147 Å². The lowest BCUT2D eigenvalue weighted by atomic mass is 9.90. The van der Waals surface area contributed by atoms with E-state index in [2.05, 4.69) is 4.74 Å². The molecule has 0 fully saturated rings. The number of esters is 2. The highest BCUT2D eigenvalue weighted by Gasteiger charge is 2.37. The lowest BCUT2D eigenvalue weighted by molar-refractivity contribution is -0.151. The lowest BCUT2D eigenvalue weighted by Crippen LogP contribution is -2.35. The molecule has 0 saturated heterocycles. The quantitative estimate of drug-likeness (QED) is 0.349. The van der Waals surface area contributed by atoms with Crippen molar-refractivity contribution in [3.05, 3.63) is 41.5 Å². The Kier molecular flexibility index (Phi) is 3.40. The van der Waals surface area contributed by atoms with Crippen molar-refractivity contribution < 1.29 is 34.4 Å². The minimum absolute atomic E-state index is 0.0478. The van der Waals surface area contributed by atoms with Gasteiger partial charge in [-0.3, -0.25) is 0 Å². The van der Waals surface area contributed by atoms with Crippen LogP contribution in [0.2, 0.25) is 0 Å². The van der Waals surface area contributed by atoms with Crippen LogP contribution in [0.25, 0.3) is 21.5 Å². The second-order valence-corrected chi connectivity index (χ2v) is 6.04. The summed E-state index contributed by atoms with van der Waals surface area (Å²) in [5.41, 5.74) is -0.183. The Morgan fingerprint density at radius 2 is 1.85 bits per heavy atom. The van der Waals surface area contributed by atoms with E-state index in [4.69, 9.17) is 4.74 Å². The fourth-order valence-electron chi connectivity index (χ4n) is 3.40. The van der Waals surface area contributed by atoms with E-state index in [-0.39, 0.29) is 39.8 Å². The first-order valence-corrected chi connectivity index (χ1v) is 7.84. The number of rotatable bonds is 1. The summed E-state index contributed by atoms with van der Waals surface area (Å²) in [6.07, 6.45) is -1.35. The molecule has 3 aromatic rings. The molecule has 0 bridgehead atoms. The van der Waals surface area contributed by atoms with Gasteiger partial charge in [0.05, 0.1) is 12.5 Å². The summed E-state index contributed by atoms with van der Waals surface area (Å²) in [5.74, 6) is -2.77. The van der Waals surface area contributed by atoms with Gasteiger partial charge in [-0.25, -0.2) is 9.59 Å². The molecule has 1 unspecified atom stereocenters. The zero-order valence-electron chi connectivity index (χ0n) is 13.6. The summed E-state index contributed by atoms with van der Waals surface area (Å²) < 4.78 is 9.60. The van der Waals surface area contributed by atoms with Crippen molar-refractivity contribution in [2.24, 2.45) is 0 Å². The van der Waals surface area contributed by atoms with E-state index >= 15 is 0 Å². The van der Waals surface area contributed by atoms with Gasteiger partial charge < -0.3 is 24.8 Å². The third-order valence-electron chi connectivity index (χ3n) is 4.65. The normalized spacial score (nSPS) is 16.3. The van der Waals surface area contributed by atoms with E-state index in [1.807, 2.05) is 0 Å². The number of hydrogen-bond donors (Lipinski definition) is 3. The van der Waals surface area contributed by atoms with Gasteiger partial charge in [0.15, 0.2) is 0 Å². The van der Waals surface area contributed by atoms with Gasteiger partial charge in [-0.1, -0.05) is 24.3 Å². The van der Waals surface area contributed by atoms with Crippen molar-refractivity contribution >= 4 is 33.5 Å². The van der Waals surface area contributed by atoms with Crippen LogP contribution in [0.4, 0.5) is 0 Å². The molecule has 0 radical (unpaired) electrons. The molecule has 1 atom stereocenters. The molecule has 7 heteroatoms. The zero-order valence-corrected chi connectivity index (χ0v) is 13.6. The van der Waals surface area contributed by atoms with Crippen LogP contribution in [0.1, 0.15) is 15.9 Å². The van der Waals surface area contributed by atoms with Crippen molar-refractivity contribution in [1.29, 1.82) is 0 Å². The van der Waals surface area contributed by atoms with Gasteiger partial charge in [0.1, 0.15) is 22.8 Å². The smallest absolute Gasteiger partial charge is 0.347 e. The summed E-state index contributed by atoms with van der Waals surface area (Å²) >= 11 is 0. The highest BCUT2D eigenvalue weighted by Crippen LogP contribution is 2.48. The van der Waals surface area contributed by atoms with Gasteiger partial charge in [-0.05, 0) is 11.5 Å². The Morgan fingerprint density at radius 1 is 1.12 bits per heavy atom. The highest BCUT2D eigenvalue weighted by molar-refractivity contribution is 6.14. The van der Waals surface area contributed by atoms with Crippen LogP contribution in [0.15, 0.2) is 30.3 Å². The largest absolute Gasteiger partial charge is 0.507 e. The second-order valence-electron chi connectivity index (χ2n) is 6.04. The van der Waals surface area contributed by atoms with Crippen molar-refractivity contribution in [3.63, 3.8) is 0 Å². The van der Waals surface area contributed by atoms with Crippen molar-refractivity contribution in [2.45, 2.75) is 12.5 Å². The first-order valence-electron chi connectivity index (χ1n) is 7.84. The van der Waals surface area contributed by atoms with E-state index in [1.165, 1.54) is 0 Å². The average Bonchev–Trinajstić information content (AvgIpc) is 2.64. The van der Waals surface area contributed by atoms with Crippen LogP contribution in [0.5, 0.6) is 17.2 Å². The topological polar surface area (TPSA) is 113 Å². The van der Waals surface area contributed by atoms with Gasteiger partial charge in [0.2, 0.25) is 6.10 Å². The Balaban J connectivity index is 2.08. The van der Waals surface area contributed by atoms with E-state index < -0.39 is 23.8 Å². The third kappa shape index (κ3) is 2.07. The molecule has 0 spiro atoms. The number of benzene rings is 3. The Bertz CT molecular complexity index is 1100. The van der Waals surface area contributed by atoms with Crippen LogP contribution >= 0.6 is 0 Å². The Hall–Kier alpha value is -3.48. The summed E-state index contributed by atoms with van der Waals surface area (Å²) in [6, 6.07) is 8.50. The van der Waals surface area contributed by atoms with Gasteiger partial charge in [0, 0.05) is 22.8 Å². The number of carbonyl (C=O) groups is 2. The number of fused-ring (bicyclic) bond motifs is 3. The molecule has 1 heterocycles. The van der Waals surface area contributed by atoms with E-state index in [0.717, 1.165) is 7.11 Å². The molecule has 0 aromatic heterocycles. The molecular weight excluding hydrogens is 340 g/mol. The molecule has 3 N–H and O–H groups in total. The molecule has 132 valence electrons. The average molecular weight is 354 g/mol. The Morgan fingerprint density at radius 3 is 2.58 bits per heavy atom. The molecule has 4 rings (SSSR count). The van der Waals surface area contributed by atoms with E-state index in [0.29, 0.717) is 10.8 Å². The fraction of sp³-hybridized carbons (Fsp3) is 0.158. The summed E-state index contributed by atoms with van der Waals surface area (Å²) in [5, 5.41) is 33.2. The van der Waals surface area contributed by atoms with E-state index in [1.54, 1.807) is 30.3 Å². The second kappa shape index (κ2) is 5.52.